The summed E-state index contributed by atoms with van der Waals surface area (Å²) in [6.07, 6.45) is -0.511. The van der Waals surface area contributed by atoms with Crippen molar-refractivity contribution in [2.24, 2.45) is 0 Å². The van der Waals surface area contributed by atoms with Crippen molar-refractivity contribution in [2.45, 2.75) is 49.9 Å². The van der Waals surface area contributed by atoms with E-state index in [-0.39, 0.29) is 18.5 Å². The molecule has 1 amide bonds. The minimum Gasteiger partial charge on any atom is -0.326 e. The Balaban J connectivity index is 0.000000416. The van der Waals surface area contributed by atoms with Gasteiger partial charge in [-0.05, 0) is 70.0 Å². The van der Waals surface area contributed by atoms with Gasteiger partial charge < -0.3 is 10.2 Å². The molecule has 0 atom stereocenters. The van der Waals surface area contributed by atoms with Gasteiger partial charge in [-0.1, -0.05) is 29.5 Å². The van der Waals surface area contributed by atoms with Gasteiger partial charge in [0.25, 0.3) is 5.91 Å². The average molecular weight is 464 g/mol. The number of nitrogens with one attached hydrogen (secondary N) is 1. The summed E-state index contributed by atoms with van der Waals surface area (Å²) in [6.45, 7) is 2.24. The lowest BCUT2D eigenvalue weighted by molar-refractivity contribution is -0.185. The SMILES string of the molecule is CN(C(=O)c1ccc(C#Cc2cccc(Cl)c2)cn1)C1(C(F)(F)F)CC1.CNC1(C)CC1. The van der Waals surface area contributed by atoms with Crippen molar-refractivity contribution in [3.63, 3.8) is 0 Å². The molecule has 0 bridgehead atoms. The first-order chi connectivity index (χ1) is 15.0. The molecule has 4 rings (SSSR count). The van der Waals surface area contributed by atoms with E-state index in [1.165, 1.54) is 25.1 Å². The van der Waals surface area contributed by atoms with E-state index in [2.05, 4.69) is 29.1 Å². The van der Waals surface area contributed by atoms with E-state index in [9.17, 15) is 18.0 Å². The summed E-state index contributed by atoms with van der Waals surface area (Å²) in [5, 5.41) is 3.78. The Bertz CT molecular complexity index is 1030. The molecule has 0 saturated heterocycles. The molecule has 1 heterocycles. The van der Waals surface area contributed by atoms with Crippen LogP contribution in [0, 0.1) is 11.8 Å². The topological polar surface area (TPSA) is 45.2 Å². The fraction of sp³-hybridized carbons (Fsp3) is 0.417. The lowest BCUT2D eigenvalue weighted by Gasteiger charge is -2.29. The highest BCUT2D eigenvalue weighted by atomic mass is 35.5. The van der Waals surface area contributed by atoms with Crippen molar-refractivity contribution >= 4 is 17.5 Å². The lowest BCUT2D eigenvalue weighted by atomic mass is 10.1. The molecule has 2 aromatic rings. The first-order valence-corrected chi connectivity index (χ1v) is 10.6. The second kappa shape index (κ2) is 9.13. The summed E-state index contributed by atoms with van der Waals surface area (Å²) in [4.78, 5) is 17.0. The van der Waals surface area contributed by atoms with E-state index >= 15 is 0 Å². The third-order valence-corrected chi connectivity index (χ3v) is 6.19. The van der Waals surface area contributed by atoms with Crippen LogP contribution in [0.3, 0.4) is 0 Å². The Kier molecular flexibility index (Phi) is 6.87. The smallest absolute Gasteiger partial charge is 0.326 e. The molecule has 2 aliphatic carbocycles. The molecular formula is C24H25ClF3N3O. The molecule has 0 radical (unpaired) electrons. The first kappa shape index (κ1) is 24.1. The zero-order valence-corrected chi connectivity index (χ0v) is 18.9. The van der Waals surface area contributed by atoms with Crippen LogP contribution in [-0.2, 0) is 0 Å². The molecule has 0 aliphatic heterocycles. The van der Waals surface area contributed by atoms with Crippen molar-refractivity contribution in [1.29, 1.82) is 0 Å². The fourth-order valence-electron chi connectivity index (χ4n) is 3.04. The number of aromatic nitrogens is 1. The van der Waals surface area contributed by atoms with Gasteiger partial charge in [0.15, 0.2) is 0 Å². The van der Waals surface area contributed by atoms with Crippen LogP contribution < -0.4 is 5.32 Å². The molecule has 0 spiro atoms. The first-order valence-electron chi connectivity index (χ1n) is 10.3. The molecule has 1 aromatic heterocycles. The number of hydrogen-bond acceptors (Lipinski definition) is 3. The van der Waals surface area contributed by atoms with Crippen molar-refractivity contribution in [3.8, 4) is 11.8 Å². The summed E-state index contributed by atoms with van der Waals surface area (Å²) in [5.74, 6) is 5.03. The minimum atomic E-state index is -4.44. The van der Waals surface area contributed by atoms with Gasteiger partial charge in [0.05, 0.1) is 0 Å². The Morgan fingerprint density at radius 2 is 1.78 bits per heavy atom. The van der Waals surface area contributed by atoms with Crippen LogP contribution in [-0.4, -0.2) is 47.1 Å². The summed E-state index contributed by atoms with van der Waals surface area (Å²) >= 11 is 5.88. The van der Waals surface area contributed by atoms with E-state index in [1.807, 2.05) is 7.05 Å². The third kappa shape index (κ3) is 5.62. The number of benzene rings is 1. The summed E-state index contributed by atoms with van der Waals surface area (Å²) in [5.41, 5.74) is -0.299. The molecule has 0 unspecified atom stereocenters. The Morgan fingerprint density at radius 3 is 2.22 bits per heavy atom. The van der Waals surface area contributed by atoms with E-state index in [0.29, 0.717) is 16.1 Å². The second-order valence-electron chi connectivity index (χ2n) is 8.40. The maximum Gasteiger partial charge on any atom is 0.411 e. The molecule has 2 fully saturated rings. The largest absolute Gasteiger partial charge is 0.411 e. The summed E-state index contributed by atoms with van der Waals surface area (Å²) in [7, 11) is 3.18. The standard InChI is InChI=1S/C19H14ClF3N2O.C5H11N/c1-25(18(9-10-18)19(21,22)23)17(26)16-8-7-14(12-24-16)6-5-13-3-2-4-15(20)11-13;1-5(6-2)3-4-5/h2-4,7-8,11-12H,9-10H2,1H3;6H,3-4H2,1-2H3. The number of hydrogen-bond donors (Lipinski definition) is 1. The summed E-state index contributed by atoms with van der Waals surface area (Å²) < 4.78 is 39.4. The maximum atomic E-state index is 13.1. The van der Waals surface area contributed by atoms with Crippen LogP contribution in [0.4, 0.5) is 13.2 Å². The molecule has 8 heteroatoms. The van der Waals surface area contributed by atoms with Gasteiger partial charge in [-0.2, -0.15) is 13.2 Å². The van der Waals surface area contributed by atoms with Gasteiger partial charge in [0.2, 0.25) is 0 Å². The Labute approximate surface area is 191 Å². The molecule has 1 N–H and O–H groups in total. The quantitative estimate of drug-likeness (QED) is 0.647. The van der Waals surface area contributed by atoms with Gasteiger partial charge in [-0.3, -0.25) is 4.79 Å². The Hall–Kier alpha value is -2.56. The van der Waals surface area contributed by atoms with Crippen LogP contribution >= 0.6 is 11.6 Å². The van der Waals surface area contributed by atoms with Crippen molar-refractivity contribution in [3.05, 3.63) is 64.4 Å². The van der Waals surface area contributed by atoms with E-state index in [0.717, 1.165) is 17.5 Å². The van der Waals surface area contributed by atoms with Crippen LogP contribution in [0.2, 0.25) is 5.02 Å². The highest BCUT2D eigenvalue weighted by molar-refractivity contribution is 6.30. The third-order valence-electron chi connectivity index (χ3n) is 5.96. The number of rotatable bonds is 3. The van der Waals surface area contributed by atoms with E-state index in [1.54, 1.807) is 30.3 Å². The maximum absolute atomic E-state index is 13.1. The van der Waals surface area contributed by atoms with Crippen LogP contribution in [0.15, 0.2) is 42.6 Å². The van der Waals surface area contributed by atoms with E-state index < -0.39 is 17.6 Å². The Morgan fingerprint density at radius 1 is 1.12 bits per heavy atom. The normalized spacial score (nSPS) is 17.2. The lowest BCUT2D eigenvalue weighted by Crippen LogP contribution is -2.49. The number of carbonyl (C=O) groups is 1. The molecule has 170 valence electrons. The van der Waals surface area contributed by atoms with E-state index in [4.69, 9.17) is 11.6 Å². The molecule has 1 aromatic carbocycles. The van der Waals surface area contributed by atoms with Gasteiger partial charge in [0, 0.05) is 34.9 Å². The molecular weight excluding hydrogens is 439 g/mol. The number of alkyl halides is 3. The molecule has 32 heavy (non-hydrogen) atoms. The average Bonchev–Trinajstić information content (AvgIpc) is 3.68. The monoisotopic (exact) mass is 463 g/mol. The minimum absolute atomic E-state index is 0.0451. The highest BCUT2D eigenvalue weighted by Crippen LogP contribution is 2.53. The fourth-order valence-corrected chi connectivity index (χ4v) is 3.23. The van der Waals surface area contributed by atoms with Crippen LogP contribution in [0.25, 0.3) is 0 Å². The number of amides is 1. The van der Waals surface area contributed by atoms with Crippen molar-refractivity contribution in [1.82, 2.24) is 15.2 Å². The number of carbonyl (C=O) groups excluding carboxylic acids is 1. The predicted octanol–water partition coefficient (Wildman–Crippen LogP) is 5.06. The molecule has 2 saturated carbocycles. The zero-order valence-electron chi connectivity index (χ0n) is 18.2. The van der Waals surface area contributed by atoms with Crippen molar-refractivity contribution < 1.29 is 18.0 Å². The zero-order chi connectivity index (χ0) is 23.6. The predicted molar refractivity (Wildman–Crippen MR) is 118 cm³/mol. The second-order valence-corrected chi connectivity index (χ2v) is 8.83. The summed E-state index contributed by atoms with van der Waals surface area (Å²) in [6, 6.07) is 9.95. The van der Waals surface area contributed by atoms with Gasteiger partial charge in [0.1, 0.15) is 11.2 Å². The number of nitrogens with zero attached hydrogens (tertiary/aromatic N) is 2. The van der Waals surface area contributed by atoms with Gasteiger partial charge >= 0.3 is 6.18 Å². The molecule has 4 nitrogen and oxygen atoms in total. The highest BCUT2D eigenvalue weighted by Gasteiger charge is 2.67. The van der Waals surface area contributed by atoms with Crippen molar-refractivity contribution in [2.75, 3.05) is 14.1 Å². The van der Waals surface area contributed by atoms with Crippen LogP contribution in [0.1, 0.15) is 54.2 Å². The number of pyridine rings is 1. The van der Waals surface area contributed by atoms with Gasteiger partial charge in [-0.15, -0.1) is 0 Å². The van der Waals surface area contributed by atoms with Gasteiger partial charge in [-0.25, -0.2) is 4.98 Å². The van der Waals surface area contributed by atoms with Crippen LogP contribution in [0.5, 0.6) is 0 Å². The molecule has 2 aliphatic rings. The number of halogens is 4.